The maximum atomic E-state index is 13.6. The zero-order valence-corrected chi connectivity index (χ0v) is 20.9. The summed E-state index contributed by atoms with van der Waals surface area (Å²) in [5, 5.41) is 31.4. The Balaban J connectivity index is 1.48. The summed E-state index contributed by atoms with van der Waals surface area (Å²) in [7, 11) is 1.71. The van der Waals surface area contributed by atoms with Gasteiger partial charge >= 0.3 is 6.03 Å². The molecule has 5 rings (SSSR count). The van der Waals surface area contributed by atoms with Gasteiger partial charge in [0, 0.05) is 24.4 Å². The van der Waals surface area contributed by atoms with Gasteiger partial charge in [0.1, 0.15) is 17.3 Å². The number of rotatable bonds is 7. The van der Waals surface area contributed by atoms with Gasteiger partial charge in [0.15, 0.2) is 0 Å². The fraction of sp³-hybridized carbons (Fsp3) is 0.194. The highest BCUT2D eigenvalue weighted by atomic mass is 19.1. The van der Waals surface area contributed by atoms with Crippen molar-refractivity contribution in [2.24, 2.45) is 0 Å². The molecular weight excluding hydrogens is 483 g/mol. The first-order valence-corrected chi connectivity index (χ1v) is 12.5. The Morgan fingerprint density at radius 2 is 1.53 bits per heavy atom. The summed E-state index contributed by atoms with van der Waals surface area (Å²) in [6, 6.07) is 26.5. The van der Waals surface area contributed by atoms with Crippen LogP contribution in [0.3, 0.4) is 0 Å². The van der Waals surface area contributed by atoms with E-state index in [-0.39, 0.29) is 29.4 Å². The molecule has 0 saturated carbocycles. The van der Waals surface area contributed by atoms with Crippen LogP contribution in [0.5, 0.6) is 11.5 Å². The predicted octanol–water partition coefficient (Wildman–Crippen LogP) is 6.40. The number of hydrogen-bond donors (Lipinski definition) is 3. The van der Waals surface area contributed by atoms with Crippen molar-refractivity contribution >= 4 is 11.7 Å². The zero-order chi connectivity index (χ0) is 26.8. The van der Waals surface area contributed by atoms with Crippen LogP contribution in [-0.4, -0.2) is 39.3 Å². The molecule has 194 valence electrons. The minimum Gasteiger partial charge on any atom is -0.508 e. The molecule has 7 heteroatoms. The average molecular weight is 513 g/mol. The van der Waals surface area contributed by atoms with Crippen LogP contribution in [0.25, 0.3) is 11.1 Å². The van der Waals surface area contributed by atoms with Gasteiger partial charge in [-0.1, -0.05) is 54.6 Å². The molecular formula is C31H29FN2O4. The number of phenolic OH excluding ortho intramolecular Hbond substituents is 2. The first-order chi connectivity index (χ1) is 18.3. The second-order valence-corrected chi connectivity index (χ2v) is 9.58. The topological polar surface area (TPSA) is 84.2 Å². The van der Waals surface area contributed by atoms with Crippen molar-refractivity contribution in [3.8, 4) is 22.6 Å². The normalized spacial score (nSPS) is 18.1. The second kappa shape index (κ2) is 10.6. The Hall–Kier alpha value is -4.36. The number of aliphatic hydroxyl groups is 1. The van der Waals surface area contributed by atoms with Crippen molar-refractivity contribution in [2.45, 2.75) is 31.0 Å². The lowest BCUT2D eigenvalue weighted by Crippen LogP contribution is -2.31. The van der Waals surface area contributed by atoms with Gasteiger partial charge in [-0.25, -0.2) is 9.18 Å². The van der Waals surface area contributed by atoms with E-state index in [1.54, 1.807) is 35.0 Å². The summed E-state index contributed by atoms with van der Waals surface area (Å²) in [6.07, 6.45) is -0.0959. The summed E-state index contributed by atoms with van der Waals surface area (Å²) in [4.78, 5) is 16.9. The van der Waals surface area contributed by atoms with Crippen LogP contribution in [0.1, 0.15) is 36.1 Å². The van der Waals surface area contributed by atoms with E-state index in [1.807, 2.05) is 54.6 Å². The number of nitrogens with zero attached hydrogens (tertiary/aromatic N) is 2. The first kappa shape index (κ1) is 25.3. The SMILES string of the molecule is CN1C(=O)N(c2ccc(-c3ccccc3)cc2)[C@H](c2ccc(O)cc2O)[C@H]1CCC(O)c1ccc(F)cc1. The second-order valence-electron chi connectivity index (χ2n) is 9.58. The molecule has 6 nitrogen and oxygen atoms in total. The van der Waals surface area contributed by atoms with Gasteiger partial charge in [-0.05, 0) is 65.9 Å². The third-order valence-corrected chi connectivity index (χ3v) is 7.22. The van der Waals surface area contributed by atoms with Crippen LogP contribution in [0, 0.1) is 5.82 Å². The number of anilines is 1. The molecule has 4 aromatic rings. The third-order valence-electron chi connectivity index (χ3n) is 7.22. The minimum absolute atomic E-state index is 0.0778. The van der Waals surface area contributed by atoms with Crippen LogP contribution in [0.2, 0.25) is 0 Å². The Morgan fingerprint density at radius 3 is 2.18 bits per heavy atom. The van der Waals surface area contributed by atoms with Gasteiger partial charge in [-0.15, -0.1) is 0 Å². The molecule has 0 bridgehead atoms. The first-order valence-electron chi connectivity index (χ1n) is 12.5. The molecule has 1 aliphatic rings. The Kier molecular flexibility index (Phi) is 7.03. The minimum atomic E-state index is -0.840. The standard InChI is InChI=1S/C31H29FN2O4/c1-33-27(17-18-28(36)22-7-11-23(32)12-8-22)30(26-16-15-25(35)19-29(26)37)34(31(33)38)24-13-9-21(10-14-24)20-5-3-2-4-6-20/h2-16,19,27-28,30,35-37H,17-18H2,1H3/t27-,28?,30-/m1/s1. The van der Waals surface area contributed by atoms with Crippen LogP contribution in [0.4, 0.5) is 14.9 Å². The van der Waals surface area contributed by atoms with Crippen molar-refractivity contribution in [2.75, 3.05) is 11.9 Å². The molecule has 38 heavy (non-hydrogen) atoms. The van der Waals surface area contributed by atoms with Crippen LogP contribution >= 0.6 is 0 Å². The Labute approximate surface area is 220 Å². The van der Waals surface area contributed by atoms with Gasteiger partial charge in [0.2, 0.25) is 0 Å². The van der Waals surface area contributed by atoms with Gasteiger partial charge in [0.25, 0.3) is 0 Å². The van der Waals surface area contributed by atoms with Gasteiger partial charge in [-0.2, -0.15) is 0 Å². The maximum Gasteiger partial charge on any atom is 0.325 e. The van der Waals surface area contributed by atoms with Crippen molar-refractivity contribution in [3.05, 3.63) is 114 Å². The molecule has 0 aromatic heterocycles. The smallest absolute Gasteiger partial charge is 0.325 e. The summed E-state index contributed by atoms with van der Waals surface area (Å²) < 4.78 is 13.3. The lowest BCUT2D eigenvalue weighted by Gasteiger charge is -2.29. The summed E-state index contributed by atoms with van der Waals surface area (Å²) in [6.45, 7) is 0. The molecule has 1 unspecified atom stereocenters. The van der Waals surface area contributed by atoms with E-state index in [9.17, 15) is 24.5 Å². The number of benzene rings is 4. The number of aliphatic hydroxyl groups excluding tert-OH is 1. The fourth-order valence-corrected chi connectivity index (χ4v) is 5.19. The number of halogens is 1. The highest BCUT2D eigenvalue weighted by molar-refractivity contribution is 5.96. The van der Waals surface area contributed by atoms with E-state index in [4.69, 9.17) is 0 Å². The quantitative estimate of drug-likeness (QED) is 0.268. The molecule has 0 spiro atoms. The zero-order valence-electron chi connectivity index (χ0n) is 20.9. The number of amides is 2. The average Bonchev–Trinajstić information content (AvgIpc) is 3.17. The summed E-state index contributed by atoms with van der Waals surface area (Å²) >= 11 is 0. The molecule has 1 fully saturated rings. The molecule has 2 amide bonds. The monoisotopic (exact) mass is 512 g/mol. The van der Waals surface area contributed by atoms with E-state index >= 15 is 0 Å². The molecule has 4 aromatic carbocycles. The largest absolute Gasteiger partial charge is 0.508 e. The fourth-order valence-electron chi connectivity index (χ4n) is 5.19. The molecule has 0 radical (unpaired) electrons. The molecule has 1 saturated heterocycles. The van der Waals surface area contributed by atoms with Crippen molar-refractivity contribution < 1.29 is 24.5 Å². The van der Waals surface area contributed by atoms with E-state index in [0.717, 1.165) is 11.1 Å². The lowest BCUT2D eigenvalue weighted by molar-refractivity contribution is 0.148. The number of likely N-dealkylation sites (N-methyl/N-ethyl adjacent to an activating group) is 1. The Morgan fingerprint density at radius 1 is 0.868 bits per heavy atom. The number of hydrogen-bond acceptors (Lipinski definition) is 4. The Bertz CT molecular complexity index is 1410. The number of carbonyl (C=O) groups excluding carboxylic acids is 1. The van der Waals surface area contributed by atoms with Crippen molar-refractivity contribution in [1.82, 2.24) is 4.90 Å². The van der Waals surface area contributed by atoms with Crippen molar-refractivity contribution in [1.29, 1.82) is 0 Å². The maximum absolute atomic E-state index is 13.6. The highest BCUT2D eigenvalue weighted by Gasteiger charge is 2.46. The van der Waals surface area contributed by atoms with Crippen LogP contribution in [0.15, 0.2) is 97.1 Å². The van der Waals surface area contributed by atoms with Gasteiger partial charge in [0.05, 0.1) is 18.2 Å². The van der Waals surface area contributed by atoms with Gasteiger partial charge < -0.3 is 20.2 Å². The molecule has 1 aliphatic heterocycles. The number of aromatic hydroxyl groups is 2. The molecule has 3 atom stereocenters. The number of urea groups is 1. The predicted molar refractivity (Wildman–Crippen MR) is 144 cm³/mol. The van der Waals surface area contributed by atoms with Crippen LogP contribution < -0.4 is 4.90 Å². The van der Waals surface area contributed by atoms with E-state index in [2.05, 4.69) is 0 Å². The number of carbonyl (C=O) groups is 1. The van der Waals surface area contributed by atoms with E-state index in [0.29, 0.717) is 29.7 Å². The van der Waals surface area contributed by atoms with Crippen molar-refractivity contribution in [3.63, 3.8) is 0 Å². The van der Waals surface area contributed by atoms with E-state index in [1.165, 1.54) is 24.3 Å². The lowest BCUT2D eigenvalue weighted by atomic mass is 9.92. The highest BCUT2D eigenvalue weighted by Crippen LogP contribution is 2.44. The van der Waals surface area contributed by atoms with Crippen LogP contribution in [-0.2, 0) is 0 Å². The molecule has 0 aliphatic carbocycles. The summed E-state index contributed by atoms with van der Waals surface area (Å²) in [5.74, 6) is -0.571. The van der Waals surface area contributed by atoms with Gasteiger partial charge in [-0.3, -0.25) is 4.90 Å². The van der Waals surface area contributed by atoms with E-state index < -0.39 is 12.1 Å². The third kappa shape index (κ3) is 4.93. The summed E-state index contributed by atoms with van der Waals surface area (Å²) in [5.41, 5.74) is 3.83. The molecule has 1 heterocycles. The number of phenols is 2. The molecule has 3 N–H and O–H groups in total.